The molecule has 0 bridgehead atoms. The maximum atomic E-state index is 12.3. The van der Waals surface area contributed by atoms with Gasteiger partial charge in [-0.15, -0.1) is 0 Å². The van der Waals surface area contributed by atoms with E-state index in [1.807, 2.05) is 30.3 Å². The molecule has 0 saturated carbocycles. The van der Waals surface area contributed by atoms with E-state index in [0.717, 1.165) is 24.9 Å². The van der Waals surface area contributed by atoms with Gasteiger partial charge in [0.1, 0.15) is 0 Å². The first-order valence-electron chi connectivity index (χ1n) is 8.04. The van der Waals surface area contributed by atoms with E-state index in [1.54, 1.807) is 4.90 Å². The van der Waals surface area contributed by atoms with Crippen molar-refractivity contribution in [2.24, 2.45) is 5.92 Å². The standard InChI is InChI=1S/C17H26N2O3/c20-10-8-16(15-6-2-1-3-7-15)11-18-17(22)19-9-4-5-14(12-19)13-21/h1-3,6-7,14,16,20-21H,4-5,8-13H2,(H,18,22). The molecule has 2 unspecified atom stereocenters. The van der Waals surface area contributed by atoms with E-state index in [2.05, 4.69) is 5.32 Å². The third-order valence-electron chi connectivity index (χ3n) is 4.31. The summed E-state index contributed by atoms with van der Waals surface area (Å²) < 4.78 is 0. The summed E-state index contributed by atoms with van der Waals surface area (Å²) in [6.45, 7) is 2.13. The number of carbonyl (C=O) groups excluding carboxylic acids is 1. The third-order valence-corrected chi connectivity index (χ3v) is 4.31. The molecule has 1 heterocycles. The summed E-state index contributed by atoms with van der Waals surface area (Å²) in [4.78, 5) is 14.1. The molecule has 2 atom stereocenters. The number of rotatable bonds is 6. The molecule has 2 rings (SSSR count). The molecular weight excluding hydrogens is 280 g/mol. The Morgan fingerprint density at radius 3 is 2.77 bits per heavy atom. The molecule has 1 aromatic rings. The lowest BCUT2D eigenvalue weighted by Crippen LogP contribution is -2.47. The monoisotopic (exact) mass is 306 g/mol. The van der Waals surface area contributed by atoms with Crippen molar-refractivity contribution in [3.8, 4) is 0 Å². The van der Waals surface area contributed by atoms with Gasteiger partial charge in [0.2, 0.25) is 0 Å². The minimum Gasteiger partial charge on any atom is -0.396 e. The Hall–Kier alpha value is -1.59. The van der Waals surface area contributed by atoms with Crippen LogP contribution in [0.25, 0.3) is 0 Å². The minimum atomic E-state index is -0.0722. The Kier molecular flexibility index (Phi) is 6.68. The summed E-state index contributed by atoms with van der Waals surface area (Å²) in [6, 6.07) is 9.87. The summed E-state index contributed by atoms with van der Waals surface area (Å²) in [6.07, 6.45) is 2.55. The summed E-state index contributed by atoms with van der Waals surface area (Å²) in [5.41, 5.74) is 1.13. The van der Waals surface area contributed by atoms with Gasteiger partial charge in [-0.25, -0.2) is 4.79 Å². The Labute approximate surface area is 131 Å². The normalized spacial score (nSPS) is 19.7. The molecular formula is C17H26N2O3. The number of carbonyl (C=O) groups is 1. The number of likely N-dealkylation sites (tertiary alicyclic amines) is 1. The van der Waals surface area contributed by atoms with Crippen molar-refractivity contribution in [2.45, 2.75) is 25.2 Å². The molecule has 0 spiro atoms. The number of piperidine rings is 1. The van der Waals surface area contributed by atoms with E-state index in [4.69, 9.17) is 0 Å². The number of nitrogens with one attached hydrogen (secondary N) is 1. The van der Waals surface area contributed by atoms with E-state index in [-0.39, 0.29) is 31.1 Å². The van der Waals surface area contributed by atoms with Gasteiger partial charge < -0.3 is 20.4 Å². The molecule has 1 aliphatic rings. The molecule has 1 aromatic carbocycles. The first kappa shape index (κ1) is 16.8. The number of amides is 2. The van der Waals surface area contributed by atoms with Crippen LogP contribution in [0.3, 0.4) is 0 Å². The highest BCUT2D eigenvalue weighted by Crippen LogP contribution is 2.19. The van der Waals surface area contributed by atoms with Gasteiger partial charge in [0.15, 0.2) is 0 Å². The van der Waals surface area contributed by atoms with E-state index in [0.29, 0.717) is 19.5 Å². The lowest BCUT2D eigenvalue weighted by Gasteiger charge is -2.32. The highest BCUT2D eigenvalue weighted by atomic mass is 16.3. The van der Waals surface area contributed by atoms with Gasteiger partial charge >= 0.3 is 6.03 Å². The second-order valence-corrected chi connectivity index (χ2v) is 5.94. The predicted molar refractivity (Wildman–Crippen MR) is 85.7 cm³/mol. The van der Waals surface area contributed by atoms with Gasteiger partial charge in [0, 0.05) is 38.8 Å². The lowest BCUT2D eigenvalue weighted by atomic mass is 9.96. The largest absolute Gasteiger partial charge is 0.396 e. The SMILES string of the molecule is O=C(NCC(CCO)c1ccccc1)N1CCCC(CO)C1. The summed E-state index contributed by atoms with van der Waals surface area (Å²) in [5, 5.41) is 21.4. The van der Waals surface area contributed by atoms with Crippen LogP contribution in [0.15, 0.2) is 30.3 Å². The maximum Gasteiger partial charge on any atom is 0.317 e. The molecule has 3 N–H and O–H groups in total. The average molecular weight is 306 g/mol. The Balaban J connectivity index is 1.87. The van der Waals surface area contributed by atoms with Crippen molar-refractivity contribution in [3.63, 3.8) is 0 Å². The van der Waals surface area contributed by atoms with Crippen molar-refractivity contribution in [1.29, 1.82) is 0 Å². The van der Waals surface area contributed by atoms with E-state index in [1.165, 1.54) is 0 Å². The Morgan fingerprint density at radius 2 is 2.09 bits per heavy atom. The second-order valence-electron chi connectivity index (χ2n) is 5.94. The zero-order valence-corrected chi connectivity index (χ0v) is 12.9. The number of hydrogen-bond donors (Lipinski definition) is 3. The summed E-state index contributed by atoms with van der Waals surface area (Å²) >= 11 is 0. The van der Waals surface area contributed by atoms with Gasteiger partial charge in [-0.05, 0) is 30.7 Å². The van der Waals surface area contributed by atoms with Crippen LogP contribution < -0.4 is 5.32 Å². The van der Waals surface area contributed by atoms with Crippen LogP contribution >= 0.6 is 0 Å². The lowest BCUT2D eigenvalue weighted by molar-refractivity contribution is 0.129. The molecule has 122 valence electrons. The van der Waals surface area contributed by atoms with Crippen LogP contribution in [0.1, 0.15) is 30.7 Å². The Bertz CT molecular complexity index is 452. The first-order valence-corrected chi connectivity index (χ1v) is 8.04. The number of aliphatic hydroxyl groups is 2. The molecule has 1 saturated heterocycles. The van der Waals surface area contributed by atoms with Gasteiger partial charge in [-0.1, -0.05) is 30.3 Å². The van der Waals surface area contributed by atoms with E-state index >= 15 is 0 Å². The Morgan fingerprint density at radius 1 is 1.32 bits per heavy atom. The number of benzene rings is 1. The molecule has 0 aliphatic carbocycles. The predicted octanol–water partition coefficient (Wildman–Crippen LogP) is 1.57. The molecule has 1 fully saturated rings. The zero-order valence-electron chi connectivity index (χ0n) is 12.9. The van der Waals surface area contributed by atoms with Gasteiger partial charge in [-0.2, -0.15) is 0 Å². The maximum absolute atomic E-state index is 12.3. The van der Waals surface area contributed by atoms with Crippen molar-refractivity contribution in [2.75, 3.05) is 32.8 Å². The van der Waals surface area contributed by atoms with Gasteiger partial charge in [0.25, 0.3) is 0 Å². The number of urea groups is 1. The molecule has 2 amide bonds. The number of nitrogens with zero attached hydrogens (tertiary/aromatic N) is 1. The fourth-order valence-electron chi connectivity index (χ4n) is 2.99. The minimum absolute atomic E-state index is 0.0722. The molecule has 5 nitrogen and oxygen atoms in total. The van der Waals surface area contributed by atoms with E-state index in [9.17, 15) is 15.0 Å². The molecule has 1 aliphatic heterocycles. The van der Waals surface area contributed by atoms with Crippen LogP contribution in [-0.4, -0.2) is 54.0 Å². The average Bonchev–Trinajstić information content (AvgIpc) is 2.59. The van der Waals surface area contributed by atoms with Crippen molar-refractivity contribution < 1.29 is 15.0 Å². The quantitative estimate of drug-likeness (QED) is 0.747. The van der Waals surface area contributed by atoms with E-state index < -0.39 is 0 Å². The fraction of sp³-hybridized carbons (Fsp3) is 0.588. The molecule has 0 aromatic heterocycles. The number of aliphatic hydroxyl groups excluding tert-OH is 2. The van der Waals surface area contributed by atoms with Crippen molar-refractivity contribution >= 4 is 6.03 Å². The fourth-order valence-corrected chi connectivity index (χ4v) is 2.99. The van der Waals surface area contributed by atoms with Crippen LogP contribution in [0.5, 0.6) is 0 Å². The summed E-state index contributed by atoms with van der Waals surface area (Å²) in [5.74, 6) is 0.315. The highest BCUT2D eigenvalue weighted by molar-refractivity contribution is 5.74. The van der Waals surface area contributed by atoms with Crippen molar-refractivity contribution in [3.05, 3.63) is 35.9 Å². The highest BCUT2D eigenvalue weighted by Gasteiger charge is 2.23. The zero-order chi connectivity index (χ0) is 15.8. The number of hydrogen-bond acceptors (Lipinski definition) is 3. The van der Waals surface area contributed by atoms with Crippen LogP contribution in [0.2, 0.25) is 0 Å². The third kappa shape index (κ3) is 4.71. The molecule has 0 radical (unpaired) electrons. The molecule has 5 heteroatoms. The van der Waals surface area contributed by atoms with Crippen LogP contribution in [-0.2, 0) is 0 Å². The molecule has 22 heavy (non-hydrogen) atoms. The summed E-state index contributed by atoms with van der Waals surface area (Å²) in [7, 11) is 0. The topological polar surface area (TPSA) is 72.8 Å². The second kappa shape index (κ2) is 8.76. The van der Waals surface area contributed by atoms with Crippen LogP contribution in [0.4, 0.5) is 4.79 Å². The smallest absolute Gasteiger partial charge is 0.317 e. The van der Waals surface area contributed by atoms with Crippen molar-refractivity contribution in [1.82, 2.24) is 10.2 Å². The van der Waals surface area contributed by atoms with Gasteiger partial charge in [0.05, 0.1) is 0 Å². The van der Waals surface area contributed by atoms with Crippen LogP contribution in [0, 0.1) is 5.92 Å². The first-order chi connectivity index (χ1) is 10.7. The van der Waals surface area contributed by atoms with Gasteiger partial charge in [-0.3, -0.25) is 0 Å².